The normalized spacial score (nSPS) is 11.6. The summed E-state index contributed by atoms with van der Waals surface area (Å²) in [5, 5.41) is 24.4. The number of rotatable bonds is 4. The zero-order valence-corrected chi connectivity index (χ0v) is 13.0. The molecule has 0 aliphatic rings. The van der Waals surface area contributed by atoms with Crippen LogP contribution < -0.4 is 0 Å². The average Bonchev–Trinajstić information content (AvgIpc) is 3.21. The largest absolute Gasteiger partial charge is 0.309 e. The van der Waals surface area contributed by atoms with Crippen molar-refractivity contribution in [3.8, 4) is 0 Å². The van der Waals surface area contributed by atoms with Crippen molar-refractivity contribution in [1.82, 2.24) is 39.1 Å². The van der Waals surface area contributed by atoms with Gasteiger partial charge in [0.1, 0.15) is 18.2 Å². The van der Waals surface area contributed by atoms with Gasteiger partial charge in [-0.15, -0.1) is 5.10 Å². The van der Waals surface area contributed by atoms with Crippen LogP contribution in [0.25, 0.3) is 16.7 Å². The summed E-state index contributed by atoms with van der Waals surface area (Å²) in [7, 11) is 1.82. The van der Waals surface area contributed by atoms with Crippen molar-refractivity contribution >= 4 is 22.4 Å². The Balaban J connectivity index is 1.62. The molecule has 0 saturated heterocycles. The van der Waals surface area contributed by atoms with Gasteiger partial charge in [0, 0.05) is 20.0 Å². The van der Waals surface area contributed by atoms with E-state index in [2.05, 4.69) is 25.3 Å². The second kappa shape index (κ2) is 5.08. The predicted octanol–water partition coefficient (Wildman–Crippen LogP) is 0.667. The van der Waals surface area contributed by atoms with Crippen LogP contribution in [0.4, 0.5) is 5.69 Å². The molecule has 4 heterocycles. The summed E-state index contributed by atoms with van der Waals surface area (Å²) in [4.78, 5) is 19.2. The highest BCUT2D eigenvalue weighted by Crippen LogP contribution is 2.17. The molecule has 0 amide bonds. The van der Waals surface area contributed by atoms with E-state index >= 15 is 0 Å². The summed E-state index contributed by atoms with van der Waals surface area (Å²) in [6.07, 6.45) is 5.23. The van der Waals surface area contributed by atoms with Gasteiger partial charge in [0.15, 0.2) is 17.1 Å². The molecule has 4 aromatic rings. The third-order valence-corrected chi connectivity index (χ3v) is 3.79. The summed E-state index contributed by atoms with van der Waals surface area (Å²) < 4.78 is 4.82. The van der Waals surface area contributed by atoms with Gasteiger partial charge < -0.3 is 0 Å². The van der Waals surface area contributed by atoms with Crippen LogP contribution in [0.5, 0.6) is 0 Å². The highest BCUT2D eigenvalue weighted by Gasteiger charge is 2.16. The molecular weight excluding hydrogens is 314 g/mol. The molecule has 0 spiro atoms. The van der Waals surface area contributed by atoms with E-state index in [1.54, 1.807) is 28.6 Å². The van der Waals surface area contributed by atoms with E-state index in [9.17, 15) is 10.1 Å². The summed E-state index contributed by atoms with van der Waals surface area (Å²) in [6.45, 7) is 2.07. The molecule has 0 radical (unpaired) electrons. The van der Waals surface area contributed by atoms with E-state index in [-0.39, 0.29) is 5.69 Å². The van der Waals surface area contributed by atoms with E-state index < -0.39 is 4.92 Å². The highest BCUT2D eigenvalue weighted by molar-refractivity contribution is 5.88. The number of aryl methyl sites for hydroxylation is 4. The first-order valence-electron chi connectivity index (χ1n) is 7.23. The van der Waals surface area contributed by atoms with Crippen molar-refractivity contribution < 1.29 is 4.92 Å². The maximum Gasteiger partial charge on any atom is 0.309 e. The van der Waals surface area contributed by atoms with Gasteiger partial charge in [-0.1, -0.05) is 0 Å². The maximum absolute atomic E-state index is 10.9. The lowest BCUT2D eigenvalue weighted by molar-refractivity contribution is -0.385. The lowest BCUT2D eigenvalue weighted by Crippen LogP contribution is -2.03. The number of hydrogen-bond acceptors (Lipinski definition) is 7. The van der Waals surface area contributed by atoms with Crippen molar-refractivity contribution in [1.29, 1.82) is 0 Å². The fourth-order valence-electron chi connectivity index (χ4n) is 2.60. The molecule has 4 aromatic heterocycles. The Morgan fingerprint density at radius 3 is 2.88 bits per heavy atom. The van der Waals surface area contributed by atoms with E-state index in [1.165, 1.54) is 10.9 Å². The van der Waals surface area contributed by atoms with Gasteiger partial charge in [0.25, 0.3) is 0 Å². The molecule has 0 bridgehead atoms. The zero-order valence-electron chi connectivity index (χ0n) is 13.0. The quantitative estimate of drug-likeness (QED) is 0.398. The lowest BCUT2D eigenvalue weighted by atomic mass is 10.4. The van der Waals surface area contributed by atoms with Crippen molar-refractivity contribution in [2.45, 2.75) is 19.9 Å². The number of nitrogens with zero attached hydrogens (tertiary/aromatic N) is 9. The Hall–Kier alpha value is -3.37. The Morgan fingerprint density at radius 1 is 1.29 bits per heavy atom. The number of fused-ring (bicyclic) bond motifs is 3. The minimum Gasteiger partial charge on any atom is -0.265 e. The molecule has 4 rings (SSSR count). The number of nitro groups is 1. The summed E-state index contributed by atoms with van der Waals surface area (Å²) >= 11 is 0. The Bertz CT molecular complexity index is 1070. The van der Waals surface area contributed by atoms with Gasteiger partial charge in [-0.2, -0.15) is 10.2 Å². The second-order valence-corrected chi connectivity index (χ2v) is 5.42. The van der Waals surface area contributed by atoms with E-state index in [0.717, 1.165) is 11.0 Å². The summed E-state index contributed by atoms with van der Waals surface area (Å²) in [5.74, 6) is 0.615. The fourth-order valence-corrected chi connectivity index (χ4v) is 2.60. The zero-order chi connectivity index (χ0) is 16.8. The Labute approximate surface area is 134 Å². The smallest absolute Gasteiger partial charge is 0.265 e. The number of aromatic nitrogens is 8. The van der Waals surface area contributed by atoms with Gasteiger partial charge in [0.05, 0.1) is 16.5 Å². The minimum absolute atomic E-state index is 0.0132. The standard InChI is InChI=1S/C13H13N9O2/c1-8-10(22(23)24)6-20(17-8)4-3-11-16-13-9-5-15-19(2)12(9)14-7-21(13)18-11/h5-7H,3-4H2,1-2H3. The topological polar surface area (TPSA) is 122 Å². The molecule has 122 valence electrons. The molecule has 0 aromatic carbocycles. The summed E-state index contributed by atoms with van der Waals surface area (Å²) in [6, 6.07) is 0. The fraction of sp³-hybridized carbons (Fsp3) is 0.308. The molecule has 0 unspecified atom stereocenters. The van der Waals surface area contributed by atoms with Crippen LogP contribution in [-0.2, 0) is 20.0 Å². The monoisotopic (exact) mass is 327 g/mol. The van der Waals surface area contributed by atoms with E-state index in [4.69, 9.17) is 0 Å². The van der Waals surface area contributed by atoms with Gasteiger partial charge in [-0.25, -0.2) is 14.5 Å². The lowest BCUT2D eigenvalue weighted by Gasteiger charge is -1.96. The van der Waals surface area contributed by atoms with Crippen LogP contribution in [0.3, 0.4) is 0 Å². The van der Waals surface area contributed by atoms with Gasteiger partial charge in [-0.3, -0.25) is 19.5 Å². The molecule has 11 heteroatoms. The molecule has 0 saturated carbocycles. The minimum atomic E-state index is -0.438. The van der Waals surface area contributed by atoms with Crippen LogP contribution in [-0.4, -0.2) is 44.1 Å². The molecule has 0 fully saturated rings. The third kappa shape index (κ3) is 2.17. The molecule has 0 atom stereocenters. The Morgan fingerprint density at radius 2 is 2.12 bits per heavy atom. The van der Waals surface area contributed by atoms with Gasteiger partial charge >= 0.3 is 5.69 Å². The first kappa shape index (κ1) is 14.2. The molecule has 0 aliphatic carbocycles. The molecule has 0 N–H and O–H groups in total. The first-order valence-corrected chi connectivity index (χ1v) is 7.23. The average molecular weight is 327 g/mol. The molecular formula is C13H13N9O2. The number of hydrogen-bond donors (Lipinski definition) is 0. The van der Waals surface area contributed by atoms with Crippen LogP contribution >= 0.6 is 0 Å². The second-order valence-electron chi connectivity index (χ2n) is 5.42. The van der Waals surface area contributed by atoms with Crippen LogP contribution in [0, 0.1) is 17.0 Å². The first-order chi connectivity index (χ1) is 11.5. The van der Waals surface area contributed by atoms with Crippen LogP contribution in [0.2, 0.25) is 0 Å². The SMILES string of the molecule is Cc1nn(CCc2nc3c4cnn(C)c4ncn3n2)cc1[N+](=O)[O-]. The third-order valence-electron chi connectivity index (χ3n) is 3.79. The molecule has 11 nitrogen and oxygen atoms in total. The van der Waals surface area contributed by atoms with Crippen LogP contribution in [0.1, 0.15) is 11.5 Å². The van der Waals surface area contributed by atoms with Crippen molar-refractivity contribution in [3.05, 3.63) is 40.4 Å². The van der Waals surface area contributed by atoms with Crippen molar-refractivity contribution in [2.24, 2.45) is 7.05 Å². The van der Waals surface area contributed by atoms with Gasteiger partial charge in [0.2, 0.25) is 0 Å². The van der Waals surface area contributed by atoms with E-state index in [1.807, 2.05) is 7.05 Å². The maximum atomic E-state index is 10.9. The predicted molar refractivity (Wildman–Crippen MR) is 82.4 cm³/mol. The van der Waals surface area contributed by atoms with E-state index in [0.29, 0.717) is 30.1 Å². The molecule has 0 aliphatic heterocycles. The van der Waals surface area contributed by atoms with Gasteiger partial charge in [-0.05, 0) is 6.92 Å². The van der Waals surface area contributed by atoms with Crippen LogP contribution in [0.15, 0.2) is 18.7 Å². The highest BCUT2D eigenvalue weighted by atomic mass is 16.6. The summed E-state index contributed by atoms with van der Waals surface area (Å²) in [5.41, 5.74) is 1.83. The molecule has 24 heavy (non-hydrogen) atoms. The Kier molecular flexibility index (Phi) is 3.01. The van der Waals surface area contributed by atoms with Crippen molar-refractivity contribution in [2.75, 3.05) is 0 Å². The van der Waals surface area contributed by atoms with Crippen molar-refractivity contribution in [3.63, 3.8) is 0 Å².